The molecule has 0 spiro atoms. The van der Waals surface area contributed by atoms with Crippen LogP contribution in [-0.2, 0) is 40.4 Å². The molecule has 0 atom stereocenters. The number of hydrogen-bond acceptors (Lipinski definition) is 4. The molecule has 1 N–H and O–H groups in total. The molecule has 0 aromatic heterocycles. The van der Waals surface area contributed by atoms with Crippen molar-refractivity contribution < 1.29 is 19.2 Å². The van der Waals surface area contributed by atoms with Gasteiger partial charge in [0.05, 0.1) is 0 Å². The number of hydroxylamine groups is 2. The van der Waals surface area contributed by atoms with E-state index in [1.807, 2.05) is 60.7 Å². The third kappa shape index (κ3) is 9.46. The zero-order valence-corrected chi connectivity index (χ0v) is 19.4. The van der Waals surface area contributed by atoms with Crippen molar-refractivity contribution in [3.63, 3.8) is 0 Å². The number of amides is 2. The van der Waals surface area contributed by atoms with Gasteiger partial charge in [0.1, 0.15) is 13.2 Å². The molecule has 0 aliphatic heterocycles. The van der Waals surface area contributed by atoms with E-state index in [4.69, 9.17) is 9.57 Å². The monoisotopic (exact) mass is 460 g/mol. The fraction of sp³-hybridized carbons (Fsp3) is 0.286. The van der Waals surface area contributed by atoms with Gasteiger partial charge in [-0.3, -0.25) is 9.63 Å². The molecule has 34 heavy (non-hydrogen) atoms. The maximum atomic E-state index is 11.8. The highest BCUT2D eigenvalue weighted by Crippen LogP contribution is 2.10. The summed E-state index contributed by atoms with van der Waals surface area (Å²) in [6.07, 6.45) is 3.75. The first kappa shape index (κ1) is 25.0. The van der Waals surface area contributed by atoms with Crippen LogP contribution in [0, 0.1) is 0 Å². The van der Waals surface area contributed by atoms with Crippen LogP contribution in [0.3, 0.4) is 0 Å². The van der Waals surface area contributed by atoms with Crippen LogP contribution in [0.25, 0.3) is 0 Å². The lowest BCUT2D eigenvalue weighted by atomic mass is 10.0. The van der Waals surface area contributed by atoms with Crippen molar-refractivity contribution in [2.75, 3.05) is 13.1 Å². The minimum absolute atomic E-state index is 0.276. The van der Waals surface area contributed by atoms with Crippen LogP contribution in [0.1, 0.15) is 35.1 Å². The summed E-state index contributed by atoms with van der Waals surface area (Å²) in [4.78, 5) is 28.6. The fourth-order valence-corrected chi connectivity index (χ4v) is 3.45. The summed E-state index contributed by atoms with van der Waals surface area (Å²) in [5.74, 6) is 0. The van der Waals surface area contributed by atoms with E-state index in [1.165, 1.54) is 16.2 Å². The van der Waals surface area contributed by atoms with Gasteiger partial charge in [0, 0.05) is 13.1 Å². The van der Waals surface area contributed by atoms with Crippen molar-refractivity contribution in [1.29, 1.82) is 0 Å². The van der Waals surface area contributed by atoms with Crippen LogP contribution in [0.4, 0.5) is 4.79 Å². The number of aryl methyl sites for hydroxylation is 2. The number of rotatable bonds is 14. The van der Waals surface area contributed by atoms with Crippen LogP contribution in [0.2, 0.25) is 0 Å². The second-order valence-corrected chi connectivity index (χ2v) is 8.02. The number of hydrogen-bond donors (Lipinski definition) is 1. The lowest BCUT2D eigenvalue weighted by molar-refractivity contribution is -0.177. The number of carbonyl (C=O) groups is 2. The van der Waals surface area contributed by atoms with Gasteiger partial charge in [0.15, 0.2) is 0 Å². The minimum Gasteiger partial charge on any atom is -0.445 e. The first-order chi connectivity index (χ1) is 16.7. The maximum absolute atomic E-state index is 11.8. The van der Waals surface area contributed by atoms with Crippen LogP contribution >= 0.6 is 0 Å². The Hall–Kier alpha value is -3.64. The normalized spacial score (nSPS) is 10.5. The first-order valence-electron chi connectivity index (χ1n) is 11.6. The Morgan fingerprint density at radius 3 is 1.88 bits per heavy atom. The van der Waals surface area contributed by atoms with E-state index < -0.39 is 6.09 Å². The van der Waals surface area contributed by atoms with Gasteiger partial charge in [-0.1, -0.05) is 84.9 Å². The Bertz CT molecular complexity index is 978. The zero-order valence-electron chi connectivity index (χ0n) is 19.4. The Balaban J connectivity index is 1.27. The standard InChI is InChI=1S/C28H32N2O4/c31-23-30(34-22-27-11-5-2-6-12-27)20-8-14-25-17-15-24(16-18-25)13-7-19-29-28(32)33-21-26-9-3-1-4-10-26/h1-6,9-12,15-18,23H,7-8,13-14,19-22H2,(H,29,32). The summed E-state index contributed by atoms with van der Waals surface area (Å²) >= 11 is 0. The van der Waals surface area contributed by atoms with Gasteiger partial charge in [-0.05, 0) is 47.9 Å². The van der Waals surface area contributed by atoms with Crippen LogP contribution in [0.5, 0.6) is 0 Å². The second kappa shape index (κ2) is 14.5. The number of benzene rings is 3. The Kier molecular flexibility index (Phi) is 10.7. The molecule has 0 unspecified atom stereocenters. The molecule has 3 rings (SSSR count). The molecule has 0 radical (unpaired) electrons. The highest BCUT2D eigenvalue weighted by atomic mass is 16.7. The lowest BCUT2D eigenvalue weighted by Crippen LogP contribution is -2.25. The minimum atomic E-state index is -0.392. The number of nitrogens with one attached hydrogen (secondary N) is 1. The van der Waals surface area contributed by atoms with E-state index >= 15 is 0 Å². The van der Waals surface area contributed by atoms with Gasteiger partial charge in [0.2, 0.25) is 6.41 Å². The summed E-state index contributed by atoms with van der Waals surface area (Å²) in [5, 5.41) is 4.15. The largest absolute Gasteiger partial charge is 0.445 e. The van der Waals surface area contributed by atoms with Gasteiger partial charge in [-0.15, -0.1) is 0 Å². The van der Waals surface area contributed by atoms with Crippen molar-refractivity contribution in [2.24, 2.45) is 0 Å². The molecule has 0 aliphatic carbocycles. The molecule has 6 nitrogen and oxygen atoms in total. The molecule has 6 heteroatoms. The van der Waals surface area contributed by atoms with Gasteiger partial charge in [-0.25, -0.2) is 9.86 Å². The molecule has 2 amide bonds. The predicted octanol–water partition coefficient (Wildman–Crippen LogP) is 5.07. The van der Waals surface area contributed by atoms with Crippen LogP contribution in [-0.4, -0.2) is 30.7 Å². The molecule has 0 saturated heterocycles. The summed E-state index contributed by atoms with van der Waals surface area (Å²) in [7, 11) is 0. The summed E-state index contributed by atoms with van der Waals surface area (Å²) in [5.41, 5.74) is 4.45. The van der Waals surface area contributed by atoms with E-state index in [0.29, 0.717) is 19.7 Å². The van der Waals surface area contributed by atoms with Gasteiger partial charge < -0.3 is 10.1 Å². The van der Waals surface area contributed by atoms with Crippen molar-refractivity contribution in [3.8, 4) is 0 Å². The zero-order chi connectivity index (χ0) is 23.8. The molecular weight excluding hydrogens is 428 g/mol. The molecular formula is C28H32N2O4. The van der Waals surface area contributed by atoms with E-state index in [-0.39, 0.29) is 6.61 Å². The Morgan fingerprint density at radius 1 is 0.735 bits per heavy atom. The summed E-state index contributed by atoms with van der Waals surface area (Å²) < 4.78 is 5.21. The topological polar surface area (TPSA) is 67.9 Å². The smallest absolute Gasteiger partial charge is 0.407 e. The van der Waals surface area contributed by atoms with E-state index in [1.54, 1.807) is 0 Å². The van der Waals surface area contributed by atoms with Crippen LogP contribution < -0.4 is 5.32 Å². The van der Waals surface area contributed by atoms with Crippen LogP contribution in [0.15, 0.2) is 84.9 Å². The Morgan fingerprint density at radius 2 is 1.29 bits per heavy atom. The first-order valence-corrected chi connectivity index (χ1v) is 11.6. The number of ether oxygens (including phenoxy) is 1. The van der Waals surface area contributed by atoms with Gasteiger partial charge in [0.25, 0.3) is 0 Å². The molecule has 0 fully saturated rings. The molecule has 0 saturated carbocycles. The summed E-state index contributed by atoms with van der Waals surface area (Å²) in [6.45, 7) is 1.77. The van der Waals surface area contributed by atoms with Crippen molar-refractivity contribution in [1.82, 2.24) is 10.4 Å². The number of carbonyl (C=O) groups excluding carboxylic acids is 2. The molecule has 3 aromatic rings. The number of nitrogens with zero attached hydrogens (tertiary/aromatic N) is 1. The average Bonchev–Trinajstić information content (AvgIpc) is 2.89. The van der Waals surface area contributed by atoms with E-state index in [0.717, 1.165) is 43.2 Å². The highest BCUT2D eigenvalue weighted by molar-refractivity contribution is 5.67. The van der Waals surface area contributed by atoms with Gasteiger partial charge >= 0.3 is 6.09 Å². The third-order valence-corrected chi connectivity index (χ3v) is 5.35. The quantitative estimate of drug-likeness (QED) is 0.207. The summed E-state index contributed by atoms with van der Waals surface area (Å²) in [6, 6.07) is 27.9. The number of alkyl carbamates (subject to hydrolysis) is 1. The SMILES string of the molecule is O=CN(CCCc1ccc(CCCNC(=O)OCc2ccccc2)cc1)OCc1ccccc1. The second-order valence-electron chi connectivity index (χ2n) is 8.02. The third-order valence-electron chi connectivity index (χ3n) is 5.35. The van der Waals surface area contributed by atoms with E-state index in [9.17, 15) is 9.59 Å². The van der Waals surface area contributed by atoms with Crippen molar-refractivity contribution in [3.05, 3.63) is 107 Å². The van der Waals surface area contributed by atoms with Crippen molar-refractivity contribution in [2.45, 2.75) is 38.9 Å². The lowest BCUT2D eigenvalue weighted by Gasteiger charge is -2.16. The molecule has 3 aromatic carbocycles. The molecule has 0 heterocycles. The highest BCUT2D eigenvalue weighted by Gasteiger charge is 2.05. The molecule has 178 valence electrons. The predicted molar refractivity (Wildman–Crippen MR) is 132 cm³/mol. The molecule has 0 aliphatic rings. The maximum Gasteiger partial charge on any atom is 0.407 e. The average molecular weight is 461 g/mol. The van der Waals surface area contributed by atoms with E-state index in [2.05, 4.69) is 29.6 Å². The van der Waals surface area contributed by atoms with Crippen molar-refractivity contribution >= 4 is 12.5 Å². The Labute approximate surface area is 201 Å². The fourth-order valence-electron chi connectivity index (χ4n) is 3.45. The van der Waals surface area contributed by atoms with Gasteiger partial charge in [-0.2, -0.15) is 0 Å². The molecule has 0 bridgehead atoms.